The van der Waals surface area contributed by atoms with Crippen molar-refractivity contribution >= 4 is 22.7 Å². The van der Waals surface area contributed by atoms with Gasteiger partial charge in [0.05, 0.1) is 23.7 Å². The molecule has 0 bridgehead atoms. The number of ether oxygens (including phenoxy) is 1. The Bertz CT molecular complexity index is 1110. The number of hydrogen-bond donors (Lipinski definition) is 0. The van der Waals surface area contributed by atoms with Gasteiger partial charge in [0, 0.05) is 30.0 Å². The Morgan fingerprint density at radius 1 is 1.14 bits per heavy atom. The molecule has 0 unspecified atom stereocenters. The lowest BCUT2D eigenvalue weighted by atomic mass is 10.1. The molecule has 7 heteroatoms. The average Bonchev–Trinajstić information content (AvgIpc) is 3.00. The third-order valence-corrected chi connectivity index (χ3v) is 4.97. The molecule has 3 rings (SSSR count). The molecular formula is C22H25N3O4. The molecule has 7 nitrogen and oxygen atoms in total. The molecule has 0 aliphatic rings. The second-order valence-electron chi connectivity index (χ2n) is 7.03. The van der Waals surface area contributed by atoms with E-state index in [1.807, 2.05) is 26.0 Å². The third-order valence-electron chi connectivity index (χ3n) is 4.97. The number of carbonyl (C=O) groups is 2. The molecule has 152 valence electrons. The summed E-state index contributed by atoms with van der Waals surface area (Å²) in [5, 5.41) is 0.501. The summed E-state index contributed by atoms with van der Waals surface area (Å²) in [6.45, 7) is 6.63. The number of fused-ring (bicyclic) bond motifs is 1. The minimum Gasteiger partial charge on any atom is -0.457 e. The first kappa shape index (κ1) is 20.5. The van der Waals surface area contributed by atoms with E-state index in [1.165, 1.54) is 10.9 Å². The number of aromatic nitrogens is 3. The lowest BCUT2D eigenvalue weighted by molar-refractivity contribution is -0.142. The van der Waals surface area contributed by atoms with Crippen LogP contribution in [-0.2, 0) is 22.6 Å². The SMILES string of the molecule is CCCn1c(C)cc(C(=O)COC(=O)CCn2cnc3ccccc3c2=O)c1C. The first-order chi connectivity index (χ1) is 13.9. The summed E-state index contributed by atoms with van der Waals surface area (Å²) in [6, 6.07) is 8.88. The summed E-state index contributed by atoms with van der Waals surface area (Å²) in [5.41, 5.74) is 2.89. The van der Waals surface area contributed by atoms with Crippen LogP contribution in [0, 0.1) is 13.8 Å². The van der Waals surface area contributed by atoms with Crippen molar-refractivity contribution in [3.63, 3.8) is 0 Å². The van der Waals surface area contributed by atoms with Gasteiger partial charge in [-0.2, -0.15) is 0 Å². The van der Waals surface area contributed by atoms with E-state index >= 15 is 0 Å². The number of nitrogens with zero attached hydrogens (tertiary/aromatic N) is 3. The Hall–Kier alpha value is -3.22. The van der Waals surface area contributed by atoms with E-state index in [4.69, 9.17) is 4.74 Å². The average molecular weight is 395 g/mol. The van der Waals surface area contributed by atoms with Crippen molar-refractivity contribution in [1.29, 1.82) is 0 Å². The molecule has 0 aliphatic carbocycles. The van der Waals surface area contributed by atoms with E-state index in [2.05, 4.69) is 16.5 Å². The van der Waals surface area contributed by atoms with E-state index in [0.29, 0.717) is 16.5 Å². The van der Waals surface area contributed by atoms with Gasteiger partial charge in [-0.3, -0.25) is 19.0 Å². The fourth-order valence-corrected chi connectivity index (χ4v) is 3.42. The van der Waals surface area contributed by atoms with Gasteiger partial charge in [-0.05, 0) is 38.5 Å². The number of benzene rings is 1. The molecule has 0 fully saturated rings. The van der Waals surface area contributed by atoms with Gasteiger partial charge in [0.1, 0.15) is 0 Å². The summed E-state index contributed by atoms with van der Waals surface area (Å²) < 4.78 is 8.61. The molecule has 0 aliphatic heterocycles. The van der Waals surface area contributed by atoms with Crippen LogP contribution in [0.3, 0.4) is 0 Å². The zero-order chi connectivity index (χ0) is 21.0. The molecular weight excluding hydrogens is 370 g/mol. The summed E-state index contributed by atoms with van der Waals surface area (Å²) in [7, 11) is 0. The molecule has 0 amide bonds. The fourth-order valence-electron chi connectivity index (χ4n) is 3.42. The predicted octanol–water partition coefficient (Wildman–Crippen LogP) is 3.04. The Labute approximate surface area is 168 Å². The fraction of sp³-hybridized carbons (Fsp3) is 0.364. The van der Waals surface area contributed by atoms with Gasteiger partial charge in [0.25, 0.3) is 5.56 Å². The molecule has 2 aromatic heterocycles. The zero-order valence-corrected chi connectivity index (χ0v) is 17.0. The first-order valence-electron chi connectivity index (χ1n) is 9.72. The van der Waals surface area contributed by atoms with E-state index < -0.39 is 5.97 Å². The van der Waals surface area contributed by atoms with Gasteiger partial charge in [0.2, 0.25) is 5.78 Å². The van der Waals surface area contributed by atoms with Crippen LogP contribution in [0.2, 0.25) is 0 Å². The van der Waals surface area contributed by atoms with Crippen molar-refractivity contribution < 1.29 is 14.3 Å². The minimum absolute atomic E-state index is 0.0118. The van der Waals surface area contributed by atoms with Crippen molar-refractivity contribution in [3.05, 3.63) is 64.0 Å². The molecule has 0 spiro atoms. The lowest BCUT2D eigenvalue weighted by Crippen LogP contribution is -2.23. The van der Waals surface area contributed by atoms with Crippen LogP contribution in [0.5, 0.6) is 0 Å². The largest absolute Gasteiger partial charge is 0.457 e. The van der Waals surface area contributed by atoms with Gasteiger partial charge in [-0.1, -0.05) is 19.1 Å². The highest BCUT2D eigenvalue weighted by Crippen LogP contribution is 2.16. The number of para-hydroxylation sites is 1. The number of esters is 1. The minimum atomic E-state index is -0.527. The molecule has 0 saturated heterocycles. The predicted molar refractivity (Wildman–Crippen MR) is 110 cm³/mol. The second kappa shape index (κ2) is 8.86. The van der Waals surface area contributed by atoms with Gasteiger partial charge >= 0.3 is 5.97 Å². The monoisotopic (exact) mass is 395 g/mol. The second-order valence-corrected chi connectivity index (χ2v) is 7.03. The Balaban J connectivity index is 1.58. The molecule has 3 aromatic rings. The van der Waals surface area contributed by atoms with E-state index in [0.717, 1.165) is 24.4 Å². The number of hydrogen-bond acceptors (Lipinski definition) is 5. The summed E-state index contributed by atoms with van der Waals surface area (Å²) in [6.07, 6.45) is 2.38. The van der Waals surface area contributed by atoms with Crippen LogP contribution in [-0.4, -0.2) is 32.5 Å². The quantitative estimate of drug-likeness (QED) is 0.432. The van der Waals surface area contributed by atoms with E-state index in [1.54, 1.807) is 18.2 Å². The van der Waals surface area contributed by atoms with Crippen LogP contribution in [0.1, 0.15) is 41.5 Å². The standard InChI is InChI=1S/C22H25N3O4/c1-4-10-25-15(2)12-18(16(25)3)20(26)13-29-21(27)9-11-24-14-23-19-8-6-5-7-17(19)22(24)28/h5-8,12,14H,4,9-11,13H2,1-3H3. The zero-order valence-electron chi connectivity index (χ0n) is 17.0. The van der Waals surface area contributed by atoms with Crippen molar-refractivity contribution in [3.8, 4) is 0 Å². The van der Waals surface area contributed by atoms with Crippen molar-refractivity contribution in [2.24, 2.45) is 0 Å². The highest BCUT2D eigenvalue weighted by Gasteiger charge is 2.17. The van der Waals surface area contributed by atoms with Gasteiger partial charge in [-0.25, -0.2) is 4.98 Å². The first-order valence-corrected chi connectivity index (χ1v) is 9.72. The maximum atomic E-state index is 12.5. The smallest absolute Gasteiger partial charge is 0.308 e. The highest BCUT2D eigenvalue weighted by molar-refractivity contribution is 5.99. The number of Topliss-reactive ketones (excluding diaryl/α,β-unsaturated/α-hetero) is 1. The van der Waals surface area contributed by atoms with Gasteiger partial charge in [-0.15, -0.1) is 0 Å². The van der Waals surface area contributed by atoms with Crippen LogP contribution in [0.25, 0.3) is 10.9 Å². The lowest BCUT2D eigenvalue weighted by Gasteiger charge is -2.08. The van der Waals surface area contributed by atoms with E-state index in [-0.39, 0.29) is 30.9 Å². The Morgan fingerprint density at radius 3 is 2.66 bits per heavy atom. The Morgan fingerprint density at radius 2 is 1.90 bits per heavy atom. The maximum Gasteiger partial charge on any atom is 0.308 e. The van der Waals surface area contributed by atoms with Crippen LogP contribution >= 0.6 is 0 Å². The van der Waals surface area contributed by atoms with Crippen LogP contribution in [0.15, 0.2) is 41.5 Å². The van der Waals surface area contributed by atoms with Crippen LogP contribution in [0.4, 0.5) is 0 Å². The molecule has 29 heavy (non-hydrogen) atoms. The normalized spacial score (nSPS) is 11.0. The van der Waals surface area contributed by atoms with Crippen molar-refractivity contribution in [2.75, 3.05) is 6.61 Å². The topological polar surface area (TPSA) is 83.2 Å². The highest BCUT2D eigenvalue weighted by atomic mass is 16.5. The van der Waals surface area contributed by atoms with Crippen LogP contribution < -0.4 is 5.56 Å². The molecule has 0 radical (unpaired) electrons. The molecule has 1 aromatic carbocycles. The van der Waals surface area contributed by atoms with Crippen molar-refractivity contribution in [2.45, 2.75) is 46.7 Å². The summed E-state index contributed by atoms with van der Waals surface area (Å²) in [5.74, 6) is -0.751. The number of ketones is 1. The summed E-state index contributed by atoms with van der Waals surface area (Å²) >= 11 is 0. The number of carbonyl (C=O) groups excluding carboxylic acids is 2. The third kappa shape index (κ3) is 4.45. The molecule has 0 atom stereocenters. The molecule has 2 heterocycles. The maximum absolute atomic E-state index is 12.5. The Kier molecular flexibility index (Phi) is 6.26. The summed E-state index contributed by atoms with van der Waals surface area (Å²) in [4.78, 5) is 41.2. The van der Waals surface area contributed by atoms with Gasteiger partial charge < -0.3 is 9.30 Å². The van der Waals surface area contributed by atoms with Crippen molar-refractivity contribution in [1.82, 2.24) is 14.1 Å². The number of rotatable bonds is 8. The number of aryl methyl sites for hydroxylation is 2. The molecule has 0 N–H and O–H groups in total. The van der Waals surface area contributed by atoms with E-state index in [9.17, 15) is 14.4 Å². The van der Waals surface area contributed by atoms with Gasteiger partial charge in [0.15, 0.2) is 6.61 Å². The molecule has 0 saturated carbocycles.